The van der Waals surface area contributed by atoms with Crippen LogP contribution in [0.15, 0.2) is 18.2 Å². The monoisotopic (exact) mass is 310 g/mol. The van der Waals surface area contributed by atoms with E-state index >= 15 is 0 Å². The Morgan fingerprint density at radius 3 is 2.78 bits per heavy atom. The summed E-state index contributed by atoms with van der Waals surface area (Å²) in [7, 11) is 0. The van der Waals surface area contributed by atoms with Crippen LogP contribution in [0, 0.1) is 29.6 Å². The molecule has 5 rings (SSSR count). The molecule has 1 aromatic carbocycles. The fourth-order valence-corrected chi connectivity index (χ4v) is 6.98. The molecule has 3 unspecified atom stereocenters. The Bertz CT molecular complexity index is 616. The summed E-state index contributed by atoms with van der Waals surface area (Å²) < 4.78 is 0. The van der Waals surface area contributed by atoms with Crippen LogP contribution >= 0.6 is 0 Å². The van der Waals surface area contributed by atoms with Crippen LogP contribution in [0.1, 0.15) is 69.4 Å². The van der Waals surface area contributed by atoms with Crippen LogP contribution in [0.4, 0.5) is 0 Å². The van der Waals surface area contributed by atoms with E-state index in [-0.39, 0.29) is 0 Å². The first-order valence-corrected chi connectivity index (χ1v) is 10.0. The molecule has 23 heavy (non-hydrogen) atoms. The van der Waals surface area contributed by atoms with Crippen LogP contribution in [0.2, 0.25) is 0 Å². The maximum absolute atomic E-state index is 10.1. The highest BCUT2D eigenvalue weighted by Gasteiger charge is 2.55. The Morgan fingerprint density at radius 2 is 1.96 bits per heavy atom. The molecular weight excluding hydrogens is 280 g/mol. The van der Waals surface area contributed by atoms with Crippen molar-refractivity contribution in [1.29, 1.82) is 0 Å². The number of phenolic OH excluding ortho intramolecular Hbond substituents is 1. The molecule has 3 fully saturated rings. The molecule has 0 spiro atoms. The van der Waals surface area contributed by atoms with Gasteiger partial charge in [-0.25, -0.2) is 0 Å². The van der Waals surface area contributed by atoms with Crippen LogP contribution in [0.3, 0.4) is 0 Å². The van der Waals surface area contributed by atoms with E-state index in [1.165, 1.54) is 63.4 Å². The summed E-state index contributed by atoms with van der Waals surface area (Å²) in [4.78, 5) is 0. The van der Waals surface area contributed by atoms with Crippen molar-refractivity contribution < 1.29 is 5.11 Å². The summed E-state index contributed by atoms with van der Waals surface area (Å²) in [6, 6.07) is 6.30. The zero-order valence-electron chi connectivity index (χ0n) is 14.4. The van der Waals surface area contributed by atoms with E-state index in [0.29, 0.717) is 11.2 Å². The van der Waals surface area contributed by atoms with Crippen molar-refractivity contribution in [3.05, 3.63) is 29.3 Å². The lowest BCUT2D eigenvalue weighted by atomic mass is 9.45. The normalized spacial score (nSPS) is 40.1. The standard InChI is InChI=1S/C22H30O/c1-14(15-5-6-15)18-9-11-22-10-3-2-4-20(22)19(18)12-16-7-8-17(23)13-21(16)22/h7-8,13-15,18-20,23H,2-6,9-12H2,1H3/t14?,18?,19-,20?,22+/m0/s1. The van der Waals surface area contributed by atoms with Gasteiger partial charge >= 0.3 is 0 Å². The summed E-state index contributed by atoms with van der Waals surface area (Å²) >= 11 is 0. The fourth-order valence-electron chi connectivity index (χ4n) is 6.98. The first-order valence-electron chi connectivity index (χ1n) is 10.0. The summed E-state index contributed by atoms with van der Waals surface area (Å²) in [6.07, 6.45) is 12.7. The van der Waals surface area contributed by atoms with Gasteiger partial charge in [0.15, 0.2) is 0 Å². The molecule has 1 heteroatoms. The van der Waals surface area contributed by atoms with Crippen molar-refractivity contribution in [3.8, 4) is 5.75 Å². The minimum atomic E-state index is 0.412. The van der Waals surface area contributed by atoms with E-state index in [4.69, 9.17) is 0 Å². The molecule has 0 saturated heterocycles. The Labute approximate surface area is 140 Å². The molecule has 1 nitrogen and oxygen atoms in total. The van der Waals surface area contributed by atoms with E-state index in [1.54, 1.807) is 5.56 Å². The summed E-state index contributed by atoms with van der Waals surface area (Å²) in [6.45, 7) is 2.56. The average Bonchev–Trinajstić information content (AvgIpc) is 3.40. The number of phenols is 1. The summed E-state index contributed by atoms with van der Waals surface area (Å²) in [5.41, 5.74) is 3.52. The largest absolute Gasteiger partial charge is 0.508 e. The highest BCUT2D eigenvalue weighted by Crippen LogP contribution is 2.62. The summed E-state index contributed by atoms with van der Waals surface area (Å²) in [5, 5.41) is 10.1. The van der Waals surface area contributed by atoms with Gasteiger partial charge in [-0.15, -0.1) is 0 Å². The van der Waals surface area contributed by atoms with E-state index in [9.17, 15) is 5.11 Å². The average molecular weight is 310 g/mol. The molecule has 0 radical (unpaired) electrons. The lowest BCUT2D eigenvalue weighted by molar-refractivity contribution is -0.0120. The lowest BCUT2D eigenvalue weighted by Crippen LogP contribution is -2.53. The summed E-state index contributed by atoms with van der Waals surface area (Å²) in [5.74, 6) is 5.23. The van der Waals surface area contributed by atoms with Gasteiger partial charge in [0.25, 0.3) is 0 Å². The van der Waals surface area contributed by atoms with Crippen molar-refractivity contribution >= 4 is 0 Å². The molecule has 3 saturated carbocycles. The highest BCUT2D eigenvalue weighted by atomic mass is 16.3. The Morgan fingerprint density at radius 1 is 1.09 bits per heavy atom. The van der Waals surface area contributed by atoms with Gasteiger partial charge < -0.3 is 5.11 Å². The fraction of sp³-hybridized carbons (Fsp3) is 0.727. The minimum Gasteiger partial charge on any atom is -0.508 e. The minimum absolute atomic E-state index is 0.412. The predicted molar refractivity (Wildman–Crippen MR) is 93.5 cm³/mol. The number of hydrogen-bond acceptors (Lipinski definition) is 1. The first-order chi connectivity index (χ1) is 11.2. The van der Waals surface area contributed by atoms with E-state index < -0.39 is 0 Å². The van der Waals surface area contributed by atoms with Crippen molar-refractivity contribution in [1.82, 2.24) is 0 Å². The second kappa shape index (κ2) is 5.01. The topological polar surface area (TPSA) is 20.2 Å². The second-order valence-corrected chi connectivity index (χ2v) is 9.12. The number of rotatable bonds is 2. The number of benzene rings is 1. The number of hydrogen-bond donors (Lipinski definition) is 1. The number of aromatic hydroxyl groups is 1. The van der Waals surface area contributed by atoms with Crippen LogP contribution < -0.4 is 0 Å². The van der Waals surface area contributed by atoms with E-state index in [0.717, 1.165) is 29.6 Å². The smallest absolute Gasteiger partial charge is 0.115 e. The van der Waals surface area contributed by atoms with E-state index in [1.807, 2.05) is 6.07 Å². The quantitative estimate of drug-likeness (QED) is 0.770. The molecule has 124 valence electrons. The van der Waals surface area contributed by atoms with E-state index in [2.05, 4.69) is 19.1 Å². The molecular formula is C22H30O. The second-order valence-electron chi connectivity index (χ2n) is 9.12. The lowest BCUT2D eigenvalue weighted by Gasteiger charge is -2.59. The Hall–Kier alpha value is -0.980. The third kappa shape index (κ3) is 2.04. The zero-order valence-corrected chi connectivity index (χ0v) is 14.4. The van der Waals surface area contributed by atoms with Crippen molar-refractivity contribution in [2.24, 2.45) is 29.6 Å². The molecule has 2 bridgehead atoms. The van der Waals surface area contributed by atoms with Gasteiger partial charge in [-0.2, -0.15) is 0 Å². The maximum Gasteiger partial charge on any atom is 0.115 e. The van der Waals surface area contributed by atoms with Gasteiger partial charge in [-0.1, -0.05) is 25.8 Å². The highest BCUT2D eigenvalue weighted by molar-refractivity contribution is 5.44. The zero-order chi connectivity index (χ0) is 15.6. The first kappa shape index (κ1) is 14.4. The Kier molecular flexibility index (Phi) is 3.13. The van der Waals surface area contributed by atoms with Crippen LogP contribution in [0.5, 0.6) is 5.75 Å². The van der Waals surface area contributed by atoms with Gasteiger partial charge in [-0.3, -0.25) is 0 Å². The van der Waals surface area contributed by atoms with Gasteiger partial charge in [0, 0.05) is 0 Å². The molecule has 4 aliphatic rings. The maximum atomic E-state index is 10.1. The van der Waals surface area contributed by atoms with Crippen molar-refractivity contribution in [2.45, 2.75) is 70.1 Å². The molecule has 1 aromatic rings. The van der Waals surface area contributed by atoms with Gasteiger partial charge in [0.1, 0.15) is 5.75 Å². The SMILES string of the molecule is CC(C1CC1)C1CC[C@]23CCCCC2[C@H]1Cc1ccc(O)cc13. The molecule has 0 amide bonds. The molecule has 4 aliphatic carbocycles. The van der Waals surface area contributed by atoms with Crippen LogP contribution in [0.25, 0.3) is 0 Å². The molecule has 1 N–H and O–H groups in total. The van der Waals surface area contributed by atoms with Gasteiger partial charge in [0.2, 0.25) is 0 Å². The molecule has 0 aromatic heterocycles. The molecule has 5 atom stereocenters. The third-order valence-electron chi connectivity index (χ3n) is 8.21. The Balaban J connectivity index is 1.59. The predicted octanol–water partition coefficient (Wildman–Crippen LogP) is 5.45. The molecule has 0 heterocycles. The van der Waals surface area contributed by atoms with Crippen LogP contribution in [-0.2, 0) is 11.8 Å². The van der Waals surface area contributed by atoms with Gasteiger partial charge in [0.05, 0.1) is 0 Å². The van der Waals surface area contributed by atoms with Crippen molar-refractivity contribution in [2.75, 3.05) is 0 Å². The number of fused-ring (bicyclic) bond motifs is 1. The van der Waals surface area contributed by atoms with Gasteiger partial charge in [-0.05, 0) is 103 Å². The third-order valence-corrected chi connectivity index (χ3v) is 8.21. The molecule has 0 aliphatic heterocycles. The van der Waals surface area contributed by atoms with Crippen LogP contribution in [-0.4, -0.2) is 5.11 Å². The van der Waals surface area contributed by atoms with Crippen molar-refractivity contribution in [3.63, 3.8) is 0 Å².